The molecular formula is C44H75O10P. The Labute approximate surface area is 333 Å². The first-order chi connectivity index (χ1) is 26.4. The summed E-state index contributed by atoms with van der Waals surface area (Å²) in [6.45, 7) is 5.67. The summed E-state index contributed by atoms with van der Waals surface area (Å²) in [5.41, 5.74) is 0. The zero-order valence-corrected chi connectivity index (χ0v) is 35.1. The fourth-order valence-corrected chi connectivity index (χ4v) is 5.82. The van der Waals surface area contributed by atoms with E-state index in [-0.39, 0.29) is 19.4 Å². The molecule has 0 aliphatic carbocycles. The van der Waals surface area contributed by atoms with Crippen molar-refractivity contribution >= 4 is 19.8 Å². The van der Waals surface area contributed by atoms with Gasteiger partial charge in [0.25, 0.3) is 0 Å². The van der Waals surface area contributed by atoms with Gasteiger partial charge in [0.1, 0.15) is 6.61 Å². The summed E-state index contributed by atoms with van der Waals surface area (Å²) in [7, 11) is -4.81. The van der Waals surface area contributed by atoms with Crippen LogP contribution in [-0.2, 0) is 28.2 Å². The Morgan fingerprint density at radius 1 is 0.618 bits per heavy atom. The van der Waals surface area contributed by atoms with Crippen molar-refractivity contribution in [2.75, 3.05) is 13.2 Å². The Hall–Kier alpha value is -2.59. The van der Waals surface area contributed by atoms with Gasteiger partial charge in [0.05, 0.1) is 18.8 Å². The molecule has 4 N–H and O–H groups in total. The molecule has 0 unspecified atom stereocenters. The van der Waals surface area contributed by atoms with Crippen molar-refractivity contribution in [2.45, 2.75) is 174 Å². The molecule has 0 aliphatic heterocycles. The number of rotatable bonds is 36. The number of phosphoric acid groups is 1. The maximum atomic E-state index is 12.4. The third-order valence-electron chi connectivity index (χ3n) is 8.60. The number of aliphatic hydroxyl groups excluding tert-OH is 2. The number of esters is 2. The van der Waals surface area contributed by atoms with Crippen LogP contribution in [-0.4, -0.2) is 63.5 Å². The molecule has 0 aliphatic rings. The van der Waals surface area contributed by atoms with E-state index < -0.39 is 44.7 Å². The zero-order valence-electron chi connectivity index (χ0n) is 34.2. The van der Waals surface area contributed by atoms with E-state index >= 15 is 0 Å². The Kier molecular flexibility index (Phi) is 35.3. The van der Waals surface area contributed by atoms with Crippen LogP contribution in [0.2, 0.25) is 0 Å². The second-order valence-electron chi connectivity index (χ2n) is 14.5. The van der Waals surface area contributed by atoms with Crippen LogP contribution in [0.3, 0.4) is 0 Å². The lowest BCUT2D eigenvalue weighted by molar-refractivity contribution is -0.161. The number of unbranched alkanes of at least 4 members (excludes halogenated alkanes) is 12. The number of phosphoric ester groups is 1. The number of ether oxygens (including phenoxy) is 2. The Bertz CT molecular complexity index is 1170. The Morgan fingerprint density at radius 3 is 1.65 bits per heavy atom. The van der Waals surface area contributed by atoms with Crippen LogP contribution in [0.4, 0.5) is 0 Å². The van der Waals surface area contributed by atoms with E-state index in [1.54, 1.807) is 36.5 Å². The molecule has 0 radical (unpaired) electrons. The second kappa shape index (κ2) is 37.0. The first kappa shape index (κ1) is 52.4. The van der Waals surface area contributed by atoms with Crippen LogP contribution in [0, 0.1) is 5.92 Å². The van der Waals surface area contributed by atoms with Gasteiger partial charge in [-0.3, -0.25) is 14.1 Å². The lowest BCUT2D eigenvalue weighted by Crippen LogP contribution is -2.29. The third-order valence-corrected chi connectivity index (χ3v) is 9.08. The number of hydrogen-bond donors (Lipinski definition) is 4. The quantitative estimate of drug-likeness (QED) is 0.0158. The van der Waals surface area contributed by atoms with Gasteiger partial charge in [0.2, 0.25) is 0 Å². The summed E-state index contributed by atoms with van der Waals surface area (Å²) >= 11 is 0. The van der Waals surface area contributed by atoms with Gasteiger partial charge < -0.3 is 29.5 Å². The molecule has 316 valence electrons. The average Bonchev–Trinajstić information content (AvgIpc) is 3.13. The SMILES string of the molecule is CC/C=C\C[C@H](O)/C=C/C=C\C=C\[C@H](O)C/C=C\C/C=C\CCC(=O)O[C@H](COC(=O)CCCCCCCCCCCCCCCC(C)C)COP(=O)(O)O. The molecule has 0 aromatic heterocycles. The van der Waals surface area contributed by atoms with Crippen LogP contribution in [0.15, 0.2) is 72.9 Å². The molecule has 0 fully saturated rings. The number of carbonyl (C=O) groups excluding carboxylic acids is 2. The van der Waals surface area contributed by atoms with Crippen molar-refractivity contribution in [1.29, 1.82) is 0 Å². The van der Waals surface area contributed by atoms with E-state index in [9.17, 15) is 24.4 Å². The van der Waals surface area contributed by atoms with Crippen LogP contribution in [0.25, 0.3) is 0 Å². The maximum Gasteiger partial charge on any atom is 0.469 e. The lowest BCUT2D eigenvalue weighted by Gasteiger charge is -2.18. The molecule has 0 aromatic rings. The fraction of sp³-hybridized carbons (Fsp3) is 0.682. The van der Waals surface area contributed by atoms with Gasteiger partial charge in [-0.1, -0.05) is 177 Å². The largest absolute Gasteiger partial charge is 0.469 e. The van der Waals surface area contributed by atoms with Crippen molar-refractivity contribution in [3.8, 4) is 0 Å². The monoisotopic (exact) mass is 795 g/mol. The molecule has 0 bridgehead atoms. The minimum absolute atomic E-state index is 0.0280. The minimum Gasteiger partial charge on any atom is -0.462 e. The van der Waals surface area contributed by atoms with Gasteiger partial charge >= 0.3 is 19.8 Å². The van der Waals surface area contributed by atoms with E-state index in [0.717, 1.165) is 31.6 Å². The van der Waals surface area contributed by atoms with Gasteiger partial charge in [-0.05, 0) is 44.4 Å². The second-order valence-corrected chi connectivity index (χ2v) is 15.7. The number of carbonyl (C=O) groups is 2. The van der Waals surface area contributed by atoms with E-state index in [4.69, 9.17) is 19.3 Å². The first-order valence-corrected chi connectivity index (χ1v) is 22.3. The van der Waals surface area contributed by atoms with E-state index in [2.05, 4.69) is 18.4 Å². The molecule has 0 aromatic carbocycles. The van der Waals surface area contributed by atoms with Gasteiger partial charge in [0, 0.05) is 12.8 Å². The Balaban J connectivity index is 4.18. The van der Waals surface area contributed by atoms with E-state index in [1.165, 1.54) is 64.2 Å². The fourth-order valence-electron chi connectivity index (χ4n) is 5.46. The van der Waals surface area contributed by atoms with Crippen LogP contribution in [0.1, 0.15) is 156 Å². The van der Waals surface area contributed by atoms with Gasteiger partial charge in [0.15, 0.2) is 6.10 Å². The number of allylic oxidation sites excluding steroid dienone is 8. The normalized spacial score (nSPS) is 14.5. The highest BCUT2D eigenvalue weighted by Gasteiger charge is 2.22. The van der Waals surface area contributed by atoms with Crippen molar-refractivity contribution in [3.63, 3.8) is 0 Å². The molecule has 0 rings (SSSR count). The highest BCUT2D eigenvalue weighted by Crippen LogP contribution is 2.36. The summed E-state index contributed by atoms with van der Waals surface area (Å²) in [4.78, 5) is 42.8. The Morgan fingerprint density at radius 2 is 1.13 bits per heavy atom. The number of aliphatic hydroxyl groups is 2. The van der Waals surface area contributed by atoms with Gasteiger partial charge in [-0.2, -0.15) is 0 Å². The molecule has 3 atom stereocenters. The predicted octanol–water partition coefficient (Wildman–Crippen LogP) is 10.5. The third kappa shape index (κ3) is 40.9. The summed E-state index contributed by atoms with van der Waals surface area (Å²) in [5, 5.41) is 19.9. The van der Waals surface area contributed by atoms with Crippen LogP contribution < -0.4 is 0 Å². The molecule has 0 spiro atoms. The maximum absolute atomic E-state index is 12.4. The molecule has 0 heterocycles. The first-order valence-electron chi connectivity index (χ1n) is 20.8. The van der Waals surface area contributed by atoms with Crippen molar-refractivity contribution in [2.24, 2.45) is 5.92 Å². The van der Waals surface area contributed by atoms with E-state index in [1.807, 2.05) is 43.4 Å². The van der Waals surface area contributed by atoms with Crippen LogP contribution >= 0.6 is 7.82 Å². The highest BCUT2D eigenvalue weighted by atomic mass is 31.2. The summed E-state index contributed by atoms with van der Waals surface area (Å²) in [6.07, 6.45) is 39.9. The summed E-state index contributed by atoms with van der Waals surface area (Å²) in [5.74, 6) is -0.241. The lowest BCUT2D eigenvalue weighted by atomic mass is 10.0. The molecule has 10 nitrogen and oxygen atoms in total. The molecular weight excluding hydrogens is 719 g/mol. The summed E-state index contributed by atoms with van der Waals surface area (Å²) in [6, 6.07) is 0. The topological polar surface area (TPSA) is 160 Å². The minimum atomic E-state index is -4.81. The predicted molar refractivity (Wildman–Crippen MR) is 223 cm³/mol. The highest BCUT2D eigenvalue weighted by molar-refractivity contribution is 7.46. The van der Waals surface area contributed by atoms with Crippen molar-refractivity contribution < 1.29 is 48.2 Å². The zero-order chi connectivity index (χ0) is 40.8. The van der Waals surface area contributed by atoms with Gasteiger partial charge in [-0.15, -0.1) is 0 Å². The smallest absolute Gasteiger partial charge is 0.462 e. The molecule has 11 heteroatoms. The standard InChI is InChI=1S/C44H75O10P/c1-4-5-23-31-40(45)33-26-21-22-27-34-41(46)32-25-18-15-16-20-29-36-44(48)54-42(38-53-55(49,50)51)37-52-43(47)35-28-19-14-12-10-8-6-7-9-11-13-17-24-30-39(2)3/h5,16,18,20-23,25-27,33-34,39-42,45-46H,4,6-15,17,19,24,28-32,35-38H2,1-3H3,(H2,49,50,51)/b20-16-,22-21-,23-5-,25-18-,33-26+,34-27+/t40-,41+,42+/m0/s1. The van der Waals surface area contributed by atoms with Crippen molar-refractivity contribution in [1.82, 2.24) is 0 Å². The molecule has 55 heavy (non-hydrogen) atoms. The number of hydrogen-bond acceptors (Lipinski definition) is 8. The molecule has 0 saturated carbocycles. The molecule has 0 amide bonds. The van der Waals surface area contributed by atoms with Crippen LogP contribution in [0.5, 0.6) is 0 Å². The van der Waals surface area contributed by atoms with E-state index in [0.29, 0.717) is 32.1 Å². The average molecular weight is 795 g/mol. The summed E-state index contributed by atoms with van der Waals surface area (Å²) < 4.78 is 26.3. The van der Waals surface area contributed by atoms with Gasteiger partial charge in [-0.25, -0.2) is 4.57 Å². The molecule has 0 saturated heterocycles. The van der Waals surface area contributed by atoms with Crippen molar-refractivity contribution in [3.05, 3.63) is 72.9 Å².